The van der Waals surface area contributed by atoms with E-state index in [4.69, 9.17) is 22.3 Å². The smallest absolute Gasteiger partial charge is 0.143 e. The van der Waals surface area contributed by atoms with Crippen LogP contribution in [-0.4, -0.2) is 35.1 Å². The summed E-state index contributed by atoms with van der Waals surface area (Å²) in [5.74, 6) is 0. The second-order valence-electron chi connectivity index (χ2n) is 7.33. The molecule has 1 aromatic carbocycles. The van der Waals surface area contributed by atoms with Crippen molar-refractivity contribution in [1.82, 2.24) is 14.5 Å². The van der Waals surface area contributed by atoms with Gasteiger partial charge in [0.25, 0.3) is 0 Å². The number of fused-ring (bicyclic) bond motifs is 4. The zero-order valence-electron chi connectivity index (χ0n) is 15.0. The van der Waals surface area contributed by atoms with Crippen LogP contribution in [0.3, 0.4) is 0 Å². The van der Waals surface area contributed by atoms with Gasteiger partial charge >= 0.3 is 0 Å². The Balaban J connectivity index is 1.96. The number of nitrogens with zero attached hydrogens (tertiary/aromatic N) is 3. The molecule has 132 valence electrons. The van der Waals surface area contributed by atoms with Crippen molar-refractivity contribution in [2.75, 3.05) is 26.4 Å². The van der Waals surface area contributed by atoms with Crippen molar-refractivity contribution in [2.45, 2.75) is 38.6 Å². The van der Waals surface area contributed by atoms with Gasteiger partial charge in [-0.15, -0.1) is 0 Å². The Morgan fingerprint density at radius 2 is 2.04 bits per heavy atom. The number of pyridine rings is 1. The van der Waals surface area contributed by atoms with Crippen molar-refractivity contribution in [3.63, 3.8) is 0 Å². The Kier molecular flexibility index (Phi) is 4.34. The summed E-state index contributed by atoms with van der Waals surface area (Å²) >= 11 is 6.30. The van der Waals surface area contributed by atoms with E-state index in [-0.39, 0.29) is 0 Å². The van der Waals surface area contributed by atoms with E-state index in [9.17, 15) is 0 Å². The standard InChI is InChI=1S/C20H25ClN4/c1-24(2)10-5-11-25-17-12-13(21)8-9-15(17)18-19(22)14-6-3-4-7-16(14)23-20(18)25/h8-9,12H,3-7,10-11H2,1-2H3,(H2,22,23). The number of aromatic nitrogens is 2. The molecule has 2 N–H and O–H groups in total. The number of nitrogen functional groups attached to an aromatic ring is 1. The molecule has 0 amide bonds. The second kappa shape index (κ2) is 6.50. The first kappa shape index (κ1) is 16.7. The van der Waals surface area contributed by atoms with E-state index in [2.05, 4.69) is 29.6 Å². The van der Waals surface area contributed by atoms with Crippen molar-refractivity contribution >= 4 is 39.2 Å². The molecule has 0 atom stereocenters. The van der Waals surface area contributed by atoms with Gasteiger partial charge in [0.1, 0.15) is 5.65 Å². The van der Waals surface area contributed by atoms with Crippen LogP contribution in [0.15, 0.2) is 18.2 Å². The molecule has 1 aliphatic rings. The van der Waals surface area contributed by atoms with Crippen molar-refractivity contribution in [1.29, 1.82) is 0 Å². The minimum atomic E-state index is 0.757. The maximum absolute atomic E-state index is 6.64. The van der Waals surface area contributed by atoms with E-state index in [1.54, 1.807) is 0 Å². The molecule has 25 heavy (non-hydrogen) atoms. The molecule has 0 saturated carbocycles. The summed E-state index contributed by atoms with van der Waals surface area (Å²) in [6, 6.07) is 6.09. The highest BCUT2D eigenvalue weighted by Gasteiger charge is 2.21. The lowest BCUT2D eigenvalue weighted by atomic mass is 9.93. The van der Waals surface area contributed by atoms with E-state index < -0.39 is 0 Å². The lowest BCUT2D eigenvalue weighted by Gasteiger charge is -2.18. The highest BCUT2D eigenvalue weighted by Crippen LogP contribution is 2.38. The molecule has 0 spiro atoms. The molecule has 0 aliphatic heterocycles. The van der Waals surface area contributed by atoms with Gasteiger partial charge in [-0.05, 0) is 70.4 Å². The number of nitrogens with two attached hydrogens (primary N) is 1. The van der Waals surface area contributed by atoms with Gasteiger partial charge < -0.3 is 15.2 Å². The normalized spacial score (nSPS) is 14.6. The van der Waals surface area contributed by atoms with E-state index in [0.717, 1.165) is 59.6 Å². The predicted octanol–water partition coefficient (Wildman–Crippen LogP) is 4.26. The van der Waals surface area contributed by atoms with Gasteiger partial charge in [0.2, 0.25) is 0 Å². The monoisotopic (exact) mass is 356 g/mol. The Morgan fingerprint density at radius 3 is 2.84 bits per heavy atom. The Labute approximate surface area is 153 Å². The van der Waals surface area contributed by atoms with Crippen molar-refractivity contribution in [3.05, 3.63) is 34.5 Å². The van der Waals surface area contributed by atoms with Crippen molar-refractivity contribution < 1.29 is 0 Å². The Bertz CT molecular complexity index is 942. The van der Waals surface area contributed by atoms with Crippen LogP contribution in [0.1, 0.15) is 30.5 Å². The summed E-state index contributed by atoms with van der Waals surface area (Å²) in [7, 11) is 4.21. The van der Waals surface area contributed by atoms with E-state index >= 15 is 0 Å². The number of hydrogen-bond donors (Lipinski definition) is 1. The third kappa shape index (κ3) is 2.87. The van der Waals surface area contributed by atoms with Crippen LogP contribution >= 0.6 is 11.6 Å². The molecular formula is C20H25ClN4. The zero-order chi connectivity index (χ0) is 17.6. The molecule has 2 aromatic heterocycles. The summed E-state index contributed by atoms with van der Waals surface area (Å²) < 4.78 is 2.31. The highest BCUT2D eigenvalue weighted by molar-refractivity contribution is 6.31. The molecule has 0 bridgehead atoms. The van der Waals surface area contributed by atoms with Gasteiger partial charge in [0.05, 0.1) is 10.9 Å². The fraction of sp³-hybridized carbons (Fsp3) is 0.450. The van der Waals surface area contributed by atoms with Gasteiger partial charge in [-0.1, -0.05) is 17.7 Å². The van der Waals surface area contributed by atoms with Crippen LogP contribution in [0.25, 0.3) is 21.9 Å². The first-order valence-corrected chi connectivity index (χ1v) is 9.47. The molecule has 0 fully saturated rings. The van der Waals surface area contributed by atoms with Crippen molar-refractivity contribution in [3.8, 4) is 0 Å². The lowest BCUT2D eigenvalue weighted by Crippen LogP contribution is -2.15. The van der Waals surface area contributed by atoms with Gasteiger partial charge in [-0.25, -0.2) is 4.98 Å². The number of halogens is 1. The Morgan fingerprint density at radius 1 is 1.24 bits per heavy atom. The van der Waals surface area contributed by atoms with Crippen LogP contribution in [0.5, 0.6) is 0 Å². The molecule has 0 saturated heterocycles. The number of rotatable bonds is 4. The summed E-state index contributed by atoms with van der Waals surface area (Å²) in [6.07, 6.45) is 5.56. The number of hydrogen-bond acceptors (Lipinski definition) is 3. The Hall–Kier alpha value is -1.78. The lowest BCUT2D eigenvalue weighted by molar-refractivity contribution is 0.389. The molecule has 5 heteroatoms. The molecule has 0 radical (unpaired) electrons. The van der Waals surface area contributed by atoms with E-state index in [1.807, 2.05) is 12.1 Å². The van der Waals surface area contributed by atoms with Gasteiger partial charge in [0, 0.05) is 28.3 Å². The topological polar surface area (TPSA) is 47.1 Å². The second-order valence-corrected chi connectivity index (χ2v) is 7.76. The highest BCUT2D eigenvalue weighted by atomic mass is 35.5. The van der Waals surface area contributed by atoms with Crippen LogP contribution in [0, 0.1) is 0 Å². The number of anilines is 1. The van der Waals surface area contributed by atoms with Crippen LogP contribution in [0.4, 0.5) is 5.69 Å². The third-order valence-electron chi connectivity index (χ3n) is 5.26. The molecule has 1 aliphatic carbocycles. The van der Waals surface area contributed by atoms with E-state index in [0.29, 0.717) is 0 Å². The van der Waals surface area contributed by atoms with Gasteiger partial charge in [-0.2, -0.15) is 0 Å². The fourth-order valence-electron chi connectivity index (χ4n) is 4.04. The van der Waals surface area contributed by atoms with Crippen LogP contribution in [-0.2, 0) is 19.4 Å². The molecule has 4 nitrogen and oxygen atoms in total. The SMILES string of the molecule is CN(C)CCCn1c2cc(Cl)ccc2c2c(N)c3c(nc21)CCCC3. The van der Waals surface area contributed by atoms with Gasteiger partial charge in [0.15, 0.2) is 0 Å². The largest absolute Gasteiger partial charge is 0.398 e. The summed E-state index contributed by atoms with van der Waals surface area (Å²) in [5, 5.41) is 3.03. The molecule has 4 rings (SSSR count). The fourth-order valence-corrected chi connectivity index (χ4v) is 4.21. The maximum atomic E-state index is 6.64. The third-order valence-corrected chi connectivity index (χ3v) is 5.50. The summed E-state index contributed by atoms with van der Waals surface area (Å²) in [5.41, 5.74) is 12.2. The number of aryl methyl sites for hydroxylation is 2. The number of benzene rings is 1. The average Bonchev–Trinajstić information content (AvgIpc) is 2.88. The summed E-state index contributed by atoms with van der Waals surface area (Å²) in [4.78, 5) is 7.28. The molecule has 3 aromatic rings. The maximum Gasteiger partial charge on any atom is 0.143 e. The first-order valence-electron chi connectivity index (χ1n) is 9.09. The molecule has 0 unspecified atom stereocenters. The molecular weight excluding hydrogens is 332 g/mol. The minimum absolute atomic E-state index is 0.757. The first-order chi connectivity index (χ1) is 12.1. The average molecular weight is 357 g/mol. The van der Waals surface area contributed by atoms with E-state index in [1.165, 1.54) is 29.5 Å². The van der Waals surface area contributed by atoms with Crippen LogP contribution < -0.4 is 5.73 Å². The zero-order valence-corrected chi connectivity index (χ0v) is 15.7. The molecule has 2 heterocycles. The van der Waals surface area contributed by atoms with Crippen molar-refractivity contribution in [2.24, 2.45) is 0 Å². The van der Waals surface area contributed by atoms with Gasteiger partial charge in [-0.3, -0.25) is 0 Å². The predicted molar refractivity (Wildman–Crippen MR) is 106 cm³/mol. The minimum Gasteiger partial charge on any atom is -0.398 e. The quantitative estimate of drug-likeness (QED) is 0.759. The van der Waals surface area contributed by atoms with Crippen LogP contribution in [0.2, 0.25) is 5.02 Å². The summed E-state index contributed by atoms with van der Waals surface area (Å²) in [6.45, 7) is 1.96.